The second-order valence-corrected chi connectivity index (χ2v) is 3.13. The highest BCUT2D eigenvalue weighted by Crippen LogP contribution is 2.16. The molecular formula is C8H12F2N4O. The fraction of sp³-hybridized carbons (Fsp3) is 0.500. The number of hydrogen-bond acceptors (Lipinski definition) is 5. The lowest BCUT2D eigenvalue weighted by Gasteiger charge is -2.15. The van der Waals surface area contributed by atoms with Crippen LogP contribution in [0.15, 0.2) is 6.20 Å². The molecule has 0 atom stereocenters. The molecule has 1 rings (SSSR count). The molecule has 0 aliphatic heterocycles. The van der Waals surface area contributed by atoms with E-state index in [1.54, 1.807) is 6.92 Å². The highest BCUT2D eigenvalue weighted by atomic mass is 19.3. The lowest BCUT2D eigenvalue weighted by molar-refractivity contribution is -0.0373. The average molecular weight is 218 g/mol. The van der Waals surface area contributed by atoms with E-state index in [0.717, 1.165) is 0 Å². The maximum Gasteiger partial charge on any atom is 0.287 e. The van der Waals surface area contributed by atoms with Crippen LogP contribution >= 0.6 is 0 Å². The Hall–Kier alpha value is -1.50. The Balaban J connectivity index is 2.69. The minimum absolute atomic E-state index is 0.00964. The van der Waals surface area contributed by atoms with Gasteiger partial charge in [0.2, 0.25) is 5.95 Å². The number of nitrogens with two attached hydrogens (primary N) is 1. The third kappa shape index (κ3) is 3.28. The first-order chi connectivity index (χ1) is 6.94. The molecule has 7 heteroatoms. The van der Waals surface area contributed by atoms with Crippen LogP contribution in [-0.2, 0) is 0 Å². The molecule has 1 heterocycles. The van der Waals surface area contributed by atoms with Crippen molar-refractivity contribution in [2.45, 2.75) is 12.8 Å². The first-order valence-electron chi connectivity index (χ1n) is 4.26. The molecule has 0 amide bonds. The number of halogens is 2. The van der Waals surface area contributed by atoms with E-state index in [1.165, 1.54) is 6.20 Å². The first-order valence-corrected chi connectivity index (χ1v) is 4.26. The van der Waals surface area contributed by atoms with E-state index in [-0.39, 0.29) is 11.8 Å². The number of nitrogens with zero attached hydrogens (tertiary/aromatic N) is 2. The van der Waals surface area contributed by atoms with Gasteiger partial charge in [-0.2, -0.15) is 4.98 Å². The van der Waals surface area contributed by atoms with Gasteiger partial charge in [-0.05, 0) is 6.92 Å². The van der Waals surface area contributed by atoms with Gasteiger partial charge in [0.25, 0.3) is 5.92 Å². The van der Waals surface area contributed by atoms with E-state index in [1.807, 2.05) is 0 Å². The van der Waals surface area contributed by atoms with E-state index >= 15 is 0 Å². The summed E-state index contributed by atoms with van der Waals surface area (Å²) in [5.74, 6) is -2.92. The number of rotatable bonds is 4. The van der Waals surface area contributed by atoms with E-state index < -0.39 is 19.1 Å². The lowest BCUT2D eigenvalue weighted by atomic mass is 10.3. The number of aliphatic hydroxyl groups is 1. The smallest absolute Gasteiger partial charge is 0.287 e. The van der Waals surface area contributed by atoms with Gasteiger partial charge in [0.1, 0.15) is 12.4 Å². The van der Waals surface area contributed by atoms with Crippen LogP contribution in [0.2, 0.25) is 0 Å². The summed E-state index contributed by atoms with van der Waals surface area (Å²) in [6.07, 6.45) is 1.43. The van der Waals surface area contributed by atoms with Gasteiger partial charge in [-0.15, -0.1) is 0 Å². The minimum atomic E-state index is -3.17. The summed E-state index contributed by atoms with van der Waals surface area (Å²) in [5, 5.41) is 10.8. The predicted molar refractivity (Wildman–Crippen MR) is 51.7 cm³/mol. The molecule has 1 aromatic rings. The zero-order chi connectivity index (χ0) is 11.5. The van der Waals surface area contributed by atoms with Crippen molar-refractivity contribution in [1.82, 2.24) is 9.97 Å². The minimum Gasteiger partial charge on any atom is -0.390 e. The number of anilines is 2. The number of aromatic nitrogens is 2. The lowest BCUT2D eigenvalue weighted by Crippen LogP contribution is -2.31. The third-order valence-corrected chi connectivity index (χ3v) is 1.74. The molecule has 0 radical (unpaired) electrons. The van der Waals surface area contributed by atoms with Crippen molar-refractivity contribution < 1.29 is 13.9 Å². The fourth-order valence-corrected chi connectivity index (χ4v) is 0.904. The fourth-order valence-electron chi connectivity index (χ4n) is 0.904. The zero-order valence-corrected chi connectivity index (χ0v) is 8.17. The van der Waals surface area contributed by atoms with Crippen LogP contribution in [0.5, 0.6) is 0 Å². The maximum atomic E-state index is 12.7. The summed E-state index contributed by atoms with van der Waals surface area (Å²) in [5.41, 5.74) is 5.91. The second kappa shape index (κ2) is 4.35. The number of nitrogens with one attached hydrogen (secondary N) is 1. The molecule has 15 heavy (non-hydrogen) atoms. The van der Waals surface area contributed by atoms with Crippen molar-refractivity contribution in [3.8, 4) is 0 Å². The van der Waals surface area contributed by atoms with E-state index in [4.69, 9.17) is 10.8 Å². The summed E-state index contributed by atoms with van der Waals surface area (Å²) in [7, 11) is 0. The molecule has 1 aromatic heterocycles. The molecule has 0 spiro atoms. The van der Waals surface area contributed by atoms with Crippen molar-refractivity contribution in [2.24, 2.45) is 0 Å². The first kappa shape index (κ1) is 11.6. The molecule has 0 saturated heterocycles. The van der Waals surface area contributed by atoms with Gasteiger partial charge in [-0.25, -0.2) is 13.8 Å². The van der Waals surface area contributed by atoms with E-state index in [0.29, 0.717) is 5.56 Å². The summed E-state index contributed by atoms with van der Waals surface area (Å²) in [4.78, 5) is 7.44. The molecule has 4 N–H and O–H groups in total. The van der Waals surface area contributed by atoms with Gasteiger partial charge in [-0.3, -0.25) is 0 Å². The van der Waals surface area contributed by atoms with Crippen molar-refractivity contribution in [3.63, 3.8) is 0 Å². The molecule has 5 nitrogen and oxygen atoms in total. The normalized spacial score (nSPS) is 11.5. The topological polar surface area (TPSA) is 84.1 Å². The Labute approximate surface area is 85.3 Å². The Morgan fingerprint density at radius 2 is 2.27 bits per heavy atom. The number of hydrogen-bond donors (Lipinski definition) is 3. The van der Waals surface area contributed by atoms with Crippen molar-refractivity contribution in [2.75, 3.05) is 24.2 Å². The highest BCUT2D eigenvalue weighted by Gasteiger charge is 2.27. The quantitative estimate of drug-likeness (QED) is 0.681. The van der Waals surface area contributed by atoms with Crippen LogP contribution in [0.25, 0.3) is 0 Å². The van der Waals surface area contributed by atoms with Crippen LogP contribution in [0.4, 0.5) is 20.5 Å². The summed E-state index contributed by atoms with van der Waals surface area (Å²) in [6, 6.07) is 0. The summed E-state index contributed by atoms with van der Waals surface area (Å²) in [6.45, 7) is -0.237. The molecule has 0 fully saturated rings. The molecule has 0 aliphatic carbocycles. The van der Waals surface area contributed by atoms with Crippen molar-refractivity contribution in [1.29, 1.82) is 0 Å². The van der Waals surface area contributed by atoms with Crippen LogP contribution in [0, 0.1) is 6.92 Å². The third-order valence-electron chi connectivity index (χ3n) is 1.74. The van der Waals surface area contributed by atoms with E-state index in [9.17, 15) is 8.78 Å². The Morgan fingerprint density at radius 1 is 1.60 bits per heavy atom. The standard InChI is InChI=1S/C8H12F2N4O/c1-5-2-12-7(11)14-6(5)13-3-8(9,10)4-15/h2,15H,3-4H2,1H3,(H3,11,12,13,14). The number of alkyl halides is 2. The van der Waals surface area contributed by atoms with Crippen LogP contribution in [-0.4, -0.2) is 34.1 Å². The summed E-state index contributed by atoms with van der Waals surface area (Å²) < 4.78 is 25.4. The monoisotopic (exact) mass is 218 g/mol. The molecule has 84 valence electrons. The second-order valence-electron chi connectivity index (χ2n) is 3.13. The van der Waals surface area contributed by atoms with Gasteiger partial charge >= 0.3 is 0 Å². The number of nitrogen functional groups attached to an aromatic ring is 1. The largest absolute Gasteiger partial charge is 0.390 e. The van der Waals surface area contributed by atoms with Crippen molar-refractivity contribution >= 4 is 11.8 Å². The maximum absolute atomic E-state index is 12.7. The van der Waals surface area contributed by atoms with Gasteiger partial charge in [0, 0.05) is 11.8 Å². The molecule has 0 aliphatic rings. The van der Waals surface area contributed by atoms with E-state index in [2.05, 4.69) is 15.3 Å². The van der Waals surface area contributed by atoms with Crippen molar-refractivity contribution in [3.05, 3.63) is 11.8 Å². The van der Waals surface area contributed by atoms with Gasteiger partial charge in [0.05, 0.1) is 6.54 Å². The van der Waals surface area contributed by atoms with Gasteiger partial charge in [-0.1, -0.05) is 0 Å². The predicted octanol–water partition coefficient (Wildman–Crippen LogP) is 0.407. The summed E-state index contributed by atoms with van der Waals surface area (Å²) >= 11 is 0. The number of aryl methyl sites for hydroxylation is 1. The number of aliphatic hydroxyl groups excluding tert-OH is 1. The van der Waals surface area contributed by atoms with Gasteiger partial charge < -0.3 is 16.2 Å². The Bertz CT molecular complexity index is 345. The molecular weight excluding hydrogens is 206 g/mol. The van der Waals surface area contributed by atoms with Crippen LogP contribution in [0.1, 0.15) is 5.56 Å². The Morgan fingerprint density at radius 3 is 2.87 bits per heavy atom. The molecule has 0 bridgehead atoms. The Kier molecular flexibility index (Phi) is 3.35. The van der Waals surface area contributed by atoms with Crippen LogP contribution < -0.4 is 11.1 Å². The molecule has 0 aromatic carbocycles. The highest BCUT2D eigenvalue weighted by molar-refractivity contribution is 5.45. The van der Waals surface area contributed by atoms with Crippen LogP contribution in [0.3, 0.4) is 0 Å². The average Bonchev–Trinajstić information content (AvgIpc) is 2.20. The SMILES string of the molecule is Cc1cnc(N)nc1NCC(F)(F)CO. The zero-order valence-electron chi connectivity index (χ0n) is 8.17. The van der Waals surface area contributed by atoms with Gasteiger partial charge in [0.15, 0.2) is 0 Å². The molecule has 0 saturated carbocycles. The molecule has 0 unspecified atom stereocenters.